The van der Waals surface area contributed by atoms with Gasteiger partial charge in [0.05, 0.1) is 12.7 Å². The van der Waals surface area contributed by atoms with Gasteiger partial charge in [0, 0.05) is 24.7 Å². The minimum Gasteiger partial charge on any atom is -0.395 e. The number of halogens is 1. The maximum absolute atomic E-state index is 13.5. The summed E-state index contributed by atoms with van der Waals surface area (Å²) in [6.07, 6.45) is 3.29. The first-order valence-electron chi connectivity index (χ1n) is 6.99. The molecule has 1 atom stereocenters. The van der Waals surface area contributed by atoms with Crippen molar-refractivity contribution in [2.45, 2.75) is 37.8 Å². The first-order valence-corrected chi connectivity index (χ1v) is 6.99. The highest BCUT2D eigenvalue weighted by Gasteiger charge is 2.25. The third-order valence-corrected chi connectivity index (χ3v) is 3.93. The van der Waals surface area contributed by atoms with Crippen LogP contribution in [0, 0.1) is 5.82 Å². The molecule has 1 aliphatic carbocycles. The largest absolute Gasteiger partial charge is 0.395 e. The van der Waals surface area contributed by atoms with Crippen LogP contribution in [0.15, 0.2) is 24.3 Å². The molecule has 2 N–H and O–H groups in total. The van der Waals surface area contributed by atoms with Gasteiger partial charge < -0.3 is 10.2 Å². The normalized spacial score (nSPS) is 17.5. The van der Waals surface area contributed by atoms with Crippen molar-refractivity contribution in [3.63, 3.8) is 0 Å². The van der Waals surface area contributed by atoms with Gasteiger partial charge in [0.2, 0.25) is 0 Å². The summed E-state index contributed by atoms with van der Waals surface area (Å²) >= 11 is 0. The van der Waals surface area contributed by atoms with Crippen molar-refractivity contribution in [3.05, 3.63) is 35.6 Å². The molecule has 0 spiro atoms. The van der Waals surface area contributed by atoms with E-state index in [1.54, 1.807) is 18.2 Å². The second-order valence-corrected chi connectivity index (χ2v) is 5.17. The van der Waals surface area contributed by atoms with Crippen LogP contribution in [-0.2, 0) is 0 Å². The Balaban J connectivity index is 1.87. The van der Waals surface area contributed by atoms with E-state index in [2.05, 4.69) is 4.90 Å². The van der Waals surface area contributed by atoms with Crippen LogP contribution in [-0.4, -0.2) is 40.9 Å². The van der Waals surface area contributed by atoms with Gasteiger partial charge >= 0.3 is 0 Å². The van der Waals surface area contributed by atoms with E-state index < -0.39 is 6.10 Å². The van der Waals surface area contributed by atoms with Crippen molar-refractivity contribution in [2.24, 2.45) is 0 Å². The summed E-state index contributed by atoms with van der Waals surface area (Å²) in [5.41, 5.74) is 0.361. The third-order valence-electron chi connectivity index (χ3n) is 3.93. The molecule has 19 heavy (non-hydrogen) atoms. The van der Waals surface area contributed by atoms with Gasteiger partial charge in [0.15, 0.2) is 0 Å². The monoisotopic (exact) mass is 267 g/mol. The van der Waals surface area contributed by atoms with Crippen LogP contribution in [0.4, 0.5) is 4.39 Å². The van der Waals surface area contributed by atoms with E-state index in [9.17, 15) is 9.50 Å². The lowest BCUT2D eigenvalue weighted by molar-refractivity contribution is 0.0756. The molecular weight excluding hydrogens is 245 g/mol. The molecule has 0 heterocycles. The molecule has 3 nitrogen and oxygen atoms in total. The minimum absolute atomic E-state index is 0.131. The van der Waals surface area contributed by atoms with Gasteiger partial charge in [-0.15, -0.1) is 0 Å². The van der Waals surface area contributed by atoms with Crippen molar-refractivity contribution >= 4 is 0 Å². The summed E-state index contributed by atoms with van der Waals surface area (Å²) in [6.45, 7) is 1.46. The SMILES string of the molecule is OCCN(CCC(O)c1ccccc1F)C1CCC1. The summed E-state index contributed by atoms with van der Waals surface area (Å²) in [5.74, 6) is -0.354. The van der Waals surface area contributed by atoms with E-state index in [1.807, 2.05) is 0 Å². The van der Waals surface area contributed by atoms with Crippen LogP contribution in [0.5, 0.6) is 0 Å². The zero-order chi connectivity index (χ0) is 13.7. The fraction of sp³-hybridized carbons (Fsp3) is 0.600. The van der Waals surface area contributed by atoms with Crippen LogP contribution in [0.25, 0.3) is 0 Å². The van der Waals surface area contributed by atoms with Crippen LogP contribution in [0.2, 0.25) is 0 Å². The van der Waals surface area contributed by atoms with Gasteiger partial charge in [0.1, 0.15) is 5.82 Å². The van der Waals surface area contributed by atoms with Crippen molar-refractivity contribution in [3.8, 4) is 0 Å². The number of aliphatic hydroxyl groups excluding tert-OH is 2. The van der Waals surface area contributed by atoms with Crippen molar-refractivity contribution < 1.29 is 14.6 Å². The molecule has 1 aromatic carbocycles. The zero-order valence-corrected chi connectivity index (χ0v) is 11.1. The maximum Gasteiger partial charge on any atom is 0.128 e. The topological polar surface area (TPSA) is 43.7 Å². The third kappa shape index (κ3) is 3.75. The van der Waals surface area contributed by atoms with Gasteiger partial charge in [-0.1, -0.05) is 24.6 Å². The summed E-state index contributed by atoms with van der Waals surface area (Å²) in [7, 11) is 0. The average molecular weight is 267 g/mol. The summed E-state index contributed by atoms with van der Waals surface area (Å²) in [4.78, 5) is 2.20. The Morgan fingerprint density at radius 2 is 2.00 bits per heavy atom. The first kappa shape index (κ1) is 14.4. The Morgan fingerprint density at radius 3 is 2.58 bits per heavy atom. The van der Waals surface area contributed by atoms with Crippen LogP contribution in [0.1, 0.15) is 37.4 Å². The Labute approximate surface area is 113 Å². The molecule has 0 bridgehead atoms. The average Bonchev–Trinajstić information content (AvgIpc) is 2.34. The van der Waals surface area contributed by atoms with Gasteiger partial charge in [-0.05, 0) is 25.3 Å². The molecule has 1 saturated carbocycles. The van der Waals surface area contributed by atoms with E-state index >= 15 is 0 Å². The zero-order valence-electron chi connectivity index (χ0n) is 11.1. The van der Waals surface area contributed by atoms with Crippen LogP contribution >= 0.6 is 0 Å². The molecule has 0 aliphatic heterocycles. The van der Waals surface area contributed by atoms with E-state index in [0.717, 1.165) is 12.8 Å². The predicted molar refractivity (Wildman–Crippen MR) is 72.3 cm³/mol. The van der Waals surface area contributed by atoms with Gasteiger partial charge in [-0.2, -0.15) is 0 Å². The lowest BCUT2D eigenvalue weighted by Crippen LogP contribution is -2.42. The molecule has 1 unspecified atom stereocenters. The smallest absolute Gasteiger partial charge is 0.128 e. The Morgan fingerprint density at radius 1 is 1.26 bits per heavy atom. The van der Waals surface area contributed by atoms with Crippen LogP contribution < -0.4 is 0 Å². The van der Waals surface area contributed by atoms with E-state index in [4.69, 9.17) is 5.11 Å². The molecule has 106 valence electrons. The number of rotatable bonds is 7. The second kappa shape index (κ2) is 6.98. The lowest BCUT2D eigenvalue weighted by atomic mass is 9.91. The number of aliphatic hydroxyl groups is 2. The fourth-order valence-corrected chi connectivity index (χ4v) is 2.55. The molecule has 0 aromatic heterocycles. The molecule has 4 heteroatoms. The summed E-state index contributed by atoms with van der Waals surface area (Å²) in [5, 5.41) is 19.1. The Hall–Kier alpha value is -0.970. The Bertz CT molecular complexity index is 395. The van der Waals surface area contributed by atoms with E-state index in [0.29, 0.717) is 31.1 Å². The molecule has 1 aliphatic rings. The van der Waals surface area contributed by atoms with E-state index in [-0.39, 0.29) is 12.4 Å². The number of hydrogen-bond acceptors (Lipinski definition) is 3. The predicted octanol–water partition coefficient (Wildman–Crippen LogP) is 2.10. The molecule has 1 fully saturated rings. The van der Waals surface area contributed by atoms with E-state index in [1.165, 1.54) is 12.5 Å². The fourth-order valence-electron chi connectivity index (χ4n) is 2.55. The van der Waals surface area contributed by atoms with Gasteiger partial charge in [-0.25, -0.2) is 4.39 Å². The molecule has 1 aromatic rings. The Kier molecular flexibility index (Phi) is 5.31. The minimum atomic E-state index is -0.775. The van der Waals surface area contributed by atoms with Crippen molar-refractivity contribution in [1.82, 2.24) is 4.90 Å². The molecule has 0 radical (unpaired) electrons. The quantitative estimate of drug-likeness (QED) is 0.795. The first-order chi connectivity index (χ1) is 9.22. The molecule has 0 amide bonds. The van der Waals surface area contributed by atoms with Gasteiger partial charge in [-0.3, -0.25) is 4.90 Å². The summed E-state index contributed by atoms with van der Waals surface area (Å²) < 4.78 is 13.5. The second-order valence-electron chi connectivity index (χ2n) is 5.17. The highest BCUT2D eigenvalue weighted by atomic mass is 19.1. The lowest BCUT2D eigenvalue weighted by Gasteiger charge is -2.37. The highest BCUT2D eigenvalue weighted by molar-refractivity contribution is 5.19. The molecular formula is C15H22FNO2. The maximum atomic E-state index is 13.5. The summed E-state index contributed by atoms with van der Waals surface area (Å²) in [6, 6.07) is 6.88. The van der Waals surface area contributed by atoms with Crippen molar-refractivity contribution in [2.75, 3.05) is 19.7 Å². The highest BCUT2D eigenvalue weighted by Crippen LogP contribution is 2.26. The van der Waals surface area contributed by atoms with Crippen molar-refractivity contribution in [1.29, 1.82) is 0 Å². The number of hydrogen-bond donors (Lipinski definition) is 2. The molecule has 2 rings (SSSR count). The standard InChI is InChI=1S/C15H22FNO2/c16-14-7-2-1-6-13(14)15(19)8-9-17(10-11-18)12-4-3-5-12/h1-2,6-7,12,15,18-19H,3-5,8-11H2. The molecule has 0 saturated heterocycles. The van der Waals surface area contributed by atoms with Crippen LogP contribution in [0.3, 0.4) is 0 Å². The number of nitrogens with zero attached hydrogens (tertiary/aromatic N) is 1. The van der Waals surface area contributed by atoms with Gasteiger partial charge in [0.25, 0.3) is 0 Å². The number of benzene rings is 1.